The van der Waals surface area contributed by atoms with Gasteiger partial charge in [0.1, 0.15) is 18.1 Å². The van der Waals surface area contributed by atoms with Crippen molar-refractivity contribution in [2.75, 3.05) is 25.1 Å². The van der Waals surface area contributed by atoms with E-state index in [1.54, 1.807) is 11.8 Å². The molecule has 0 fully saturated rings. The van der Waals surface area contributed by atoms with Crippen molar-refractivity contribution in [1.29, 1.82) is 0 Å². The highest BCUT2D eigenvalue weighted by atomic mass is 16.6. The fourth-order valence-electron chi connectivity index (χ4n) is 1.48. The fraction of sp³-hybridized carbons (Fsp3) is 0.455. The van der Waals surface area contributed by atoms with Crippen molar-refractivity contribution in [1.82, 2.24) is 4.98 Å². The molecule has 1 heterocycles. The van der Waals surface area contributed by atoms with Crippen LogP contribution in [0.2, 0.25) is 0 Å². The van der Waals surface area contributed by atoms with Crippen molar-refractivity contribution < 1.29 is 14.5 Å². The smallest absolute Gasteiger partial charge is 0.325 e. The summed E-state index contributed by atoms with van der Waals surface area (Å²) in [6, 6.07) is 2.91. The number of likely N-dealkylation sites (N-methyl/N-ethyl adjacent to an activating group) is 1. The standard InChI is InChI=1S/C11H15N3O4/c1-4-13(7-11(15)18-3)10-6-5-9(14(16)17)8(2)12-10/h5-6H,4,7H2,1-3H3. The number of nitro groups is 1. The lowest BCUT2D eigenvalue weighted by Crippen LogP contribution is -2.31. The molecule has 0 aliphatic heterocycles. The van der Waals surface area contributed by atoms with E-state index >= 15 is 0 Å². The van der Waals surface area contributed by atoms with Crippen LogP contribution in [0, 0.1) is 17.0 Å². The summed E-state index contributed by atoms with van der Waals surface area (Å²) < 4.78 is 4.58. The highest BCUT2D eigenvalue weighted by Crippen LogP contribution is 2.20. The molecule has 0 aromatic carbocycles. The zero-order valence-electron chi connectivity index (χ0n) is 10.5. The zero-order chi connectivity index (χ0) is 13.7. The van der Waals surface area contributed by atoms with Crippen LogP contribution in [-0.4, -0.2) is 36.1 Å². The first-order valence-corrected chi connectivity index (χ1v) is 5.43. The molecule has 0 atom stereocenters. The number of pyridine rings is 1. The first-order valence-electron chi connectivity index (χ1n) is 5.43. The maximum absolute atomic E-state index is 11.2. The van der Waals surface area contributed by atoms with E-state index in [-0.39, 0.29) is 18.2 Å². The molecule has 1 aromatic heterocycles. The summed E-state index contributed by atoms with van der Waals surface area (Å²) >= 11 is 0. The lowest BCUT2D eigenvalue weighted by molar-refractivity contribution is -0.385. The van der Waals surface area contributed by atoms with Gasteiger partial charge in [-0.15, -0.1) is 0 Å². The van der Waals surface area contributed by atoms with Gasteiger partial charge < -0.3 is 9.64 Å². The van der Waals surface area contributed by atoms with Crippen LogP contribution in [0.4, 0.5) is 11.5 Å². The number of rotatable bonds is 5. The number of aryl methyl sites for hydroxylation is 1. The van der Waals surface area contributed by atoms with Crippen LogP contribution in [0.15, 0.2) is 12.1 Å². The molecule has 0 saturated carbocycles. The molecule has 0 unspecified atom stereocenters. The fourth-order valence-corrected chi connectivity index (χ4v) is 1.48. The summed E-state index contributed by atoms with van der Waals surface area (Å²) in [5, 5.41) is 10.7. The van der Waals surface area contributed by atoms with Crippen molar-refractivity contribution in [2.45, 2.75) is 13.8 Å². The molecule has 98 valence electrons. The van der Waals surface area contributed by atoms with Crippen LogP contribution in [0.1, 0.15) is 12.6 Å². The normalized spacial score (nSPS) is 9.94. The van der Waals surface area contributed by atoms with Gasteiger partial charge in [0.15, 0.2) is 0 Å². The van der Waals surface area contributed by atoms with Gasteiger partial charge in [-0.3, -0.25) is 14.9 Å². The van der Waals surface area contributed by atoms with Gasteiger partial charge in [0.05, 0.1) is 12.0 Å². The van der Waals surface area contributed by atoms with E-state index in [1.807, 2.05) is 6.92 Å². The molecule has 0 aliphatic rings. The van der Waals surface area contributed by atoms with Gasteiger partial charge in [0.25, 0.3) is 5.69 Å². The van der Waals surface area contributed by atoms with Gasteiger partial charge in [0.2, 0.25) is 0 Å². The Balaban J connectivity index is 2.97. The van der Waals surface area contributed by atoms with E-state index in [9.17, 15) is 14.9 Å². The van der Waals surface area contributed by atoms with Crippen molar-refractivity contribution in [3.8, 4) is 0 Å². The summed E-state index contributed by atoms with van der Waals surface area (Å²) in [7, 11) is 1.31. The van der Waals surface area contributed by atoms with Gasteiger partial charge in [-0.25, -0.2) is 4.98 Å². The van der Waals surface area contributed by atoms with Gasteiger partial charge in [-0.2, -0.15) is 0 Å². The Bertz CT molecular complexity index is 462. The third-order valence-electron chi connectivity index (χ3n) is 2.49. The molecule has 1 aromatic rings. The number of carbonyl (C=O) groups excluding carboxylic acids is 1. The van der Waals surface area contributed by atoms with Gasteiger partial charge >= 0.3 is 5.97 Å². The molecule has 18 heavy (non-hydrogen) atoms. The third-order valence-corrected chi connectivity index (χ3v) is 2.49. The Morgan fingerprint density at radius 1 is 1.56 bits per heavy atom. The van der Waals surface area contributed by atoms with E-state index in [0.29, 0.717) is 18.1 Å². The number of hydrogen-bond donors (Lipinski definition) is 0. The number of anilines is 1. The predicted molar refractivity (Wildman–Crippen MR) is 65.5 cm³/mol. The molecule has 0 saturated heterocycles. The Kier molecular flexibility index (Phi) is 4.59. The van der Waals surface area contributed by atoms with E-state index < -0.39 is 4.92 Å². The lowest BCUT2D eigenvalue weighted by Gasteiger charge is -2.20. The molecule has 0 aliphatic carbocycles. The topological polar surface area (TPSA) is 85.6 Å². The Labute approximate surface area is 105 Å². The SMILES string of the molecule is CCN(CC(=O)OC)c1ccc([N+](=O)[O-])c(C)n1. The van der Waals surface area contributed by atoms with Crippen LogP contribution >= 0.6 is 0 Å². The summed E-state index contributed by atoms with van der Waals surface area (Å²) in [6.45, 7) is 4.05. The van der Waals surface area contributed by atoms with Crippen molar-refractivity contribution >= 4 is 17.5 Å². The van der Waals surface area contributed by atoms with Crippen molar-refractivity contribution in [2.24, 2.45) is 0 Å². The molecule has 0 N–H and O–H groups in total. The molecule has 0 bridgehead atoms. The average Bonchev–Trinajstić information content (AvgIpc) is 2.34. The average molecular weight is 253 g/mol. The lowest BCUT2D eigenvalue weighted by atomic mass is 10.3. The van der Waals surface area contributed by atoms with E-state index in [4.69, 9.17) is 0 Å². The Morgan fingerprint density at radius 3 is 2.67 bits per heavy atom. The molecule has 1 rings (SSSR count). The number of ether oxygens (including phenoxy) is 1. The minimum atomic E-state index is -0.483. The van der Waals surface area contributed by atoms with E-state index in [1.165, 1.54) is 19.2 Å². The highest BCUT2D eigenvalue weighted by molar-refractivity contribution is 5.75. The predicted octanol–water partition coefficient (Wildman–Crippen LogP) is 1.30. The second-order valence-electron chi connectivity index (χ2n) is 3.62. The summed E-state index contributed by atoms with van der Waals surface area (Å²) in [4.78, 5) is 27.2. The number of aromatic nitrogens is 1. The molecule has 7 nitrogen and oxygen atoms in total. The van der Waals surface area contributed by atoms with Crippen molar-refractivity contribution in [3.05, 3.63) is 27.9 Å². The summed E-state index contributed by atoms with van der Waals surface area (Å²) in [6.07, 6.45) is 0. The summed E-state index contributed by atoms with van der Waals surface area (Å²) in [5.74, 6) is 0.139. The second kappa shape index (κ2) is 5.95. The molecule has 7 heteroatoms. The van der Waals surface area contributed by atoms with Gasteiger partial charge in [-0.05, 0) is 19.9 Å². The Morgan fingerprint density at radius 2 is 2.22 bits per heavy atom. The molecule has 0 amide bonds. The number of esters is 1. The quantitative estimate of drug-likeness (QED) is 0.446. The minimum absolute atomic E-state index is 0.0344. The van der Waals surface area contributed by atoms with Gasteiger partial charge in [0, 0.05) is 12.6 Å². The van der Waals surface area contributed by atoms with Gasteiger partial charge in [-0.1, -0.05) is 0 Å². The van der Waals surface area contributed by atoms with E-state index in [0.717, 1.165) is 0 Å². The second-order valence-corrected chi connectivity index (χ2v) is 3.62. The monoisotopic (exact) mass is 253 g/mol. The first kappa shape index (κ1) is 13.9. The summed E-state index contributed by atoms with van der Waals surface area (Å²) in [5.41, 5.74) is 0.286. The van der Waals surface area contributed by atoms with Crippen LogP contribution in [0.5, 0.6) is 0 Å². The first-order chi connectivity index (χ1) is 8.49. The van der Waals surface area contributed by atoms with Crippen LogP contribution in [-0.2, 0) is 9.53 Å². The molecular weight excluding hydrogens is 238 g/mol. The van der Waals surface area contributed by atoms with Crippen LogP contribution < -0.4 is 4.90 Å². The third kappa shape index (κ3) is 3.16. The maximum atomic E-state index is 11.2. The van der Waals surface area contributed by atoms with Crippen LogP contribution in [0.25, 0.3) is 0 Å². The minimum Gasteiger partial charge on any atom is -0.468 e. The number of methoxy groups -OCH3 is 1. The number of nitrogens with zero attached hydrogens (tertiary/aromatic N) is 3. The molecule has 0 radical (unpaired) electrons. The van der Waals surface area contributed by atoms with E-state index in [2.05, 4.69) is 9.72 Å². The zero-order valence-corrected chi connectivity index (χ0v) is 10.5. The van der Waals surface area contributed by atoms with Crippen LogP contribution in [0.3, 0.4) is 0 Å². The molecule has 0 spiro atoms. The van der Waals surface area contributed by atoms with Crippen molar-refractivity contribution in [3.63, 3.8) is 0 Å². The molecular formula is C11H15N3O4. The largest absolute Gasteiger partial charge is 0.468 e. The number of hydrogen-bond acceptors (Lipinski definition) is 6. The Hall–Kier alpha value is -2.18. The maximum Gasteiger partial charge on any atom is 0.325 e. The number of carbonyl (C=O) groups is 1. The highest BCUT2D eigenvalue weighted by Gasteiger charge is 2.16.